The van der Waals surface area contributed by atoms with Gasteiger partial charge in [-0.2, -0.15) is 25.3 Å². The molecule has 0 aromatic carbocycles. The normalized spacial score (nSPS) is 32.1. The summed E-state index contributed by atoms with van der Waals surface area (Å²) in [4.78, 5) is 12.0. The number of esters is 1. The highest BCUT2D eigenvalue weighted by Gasteiger charge is 2.29. The molecule has 0 N–H and O–H groups in total. The average Bonchev–Trinajstić information content (AvgIpc) is 2.55. The van der Waals surface area contributed by atoms with Crippen LogP contribution in [0.25, 0.3) is 0 Å². The van der Waals surface area contributed by atoms with Crippen LogP contribution in [0.15, 0.2) is 12.2 Å². The fourth-order valence-corrected chi connectivity index (χ4v) is 5.14. The number of hydrogen-bond acceptors (Lipinski definition) is 4. The smallest absolute Gasteiger partial charge is 0.333 e. The summed E-state index contributed by atoms with van der Waals surface area (Å²) in [6, 6.07) is 0. The van der Waals surface area contributed by atoms with Gasteiger partial charge in [0.05, 0.1) is 0 Å². The van der Waals surface area contributed by atoms with E-state index in [1.165, 1.54) is 51.4 Å². The van der Waals surface area contributed by atoms with Crippen LogP contribution in [0.5, 0.6) is 0 Å². The average molecular weight is 371 g/mol. The molecule has 0 heterocycles. The van der Waals surface area contributed by atoms with Crippen LogP contribution in [-0.4, -0.2) is 22.6 Å². The van der Waals surface area contributed by atoms with Crippen molar-refractivity contribution in [1.29, 1.82) is 0 Å². The van der Waals surface area contributed by atoms with Crippen molar-refractivity contribution in [2.75, 3.05) is 0 Å². The van der Waals surface area contributed by atoms with Gasteiger partial charge in [0.1, 0.15) is 6.10 Å². The van der Waals surface area contributed by atoms with Crippen LogP contribution in [0.1, 0.15) is 77.6 Å². The third-order valence-corrected chi connectivity index (χ3v) is 7.14. The van der Waals surface area contributed by atoms with Crippen LogP contribution in [0.3, 0.4) is 0 Å². The second kappa shape index (κ2) is 10.2. The van der Waals surface area contributed by atoms with Crippen molar-refractivity contribution >= 4 is 31.2 Å². The summed E-state index contributed by atoms with van der Waals surface area (Å²) >= 11 is 9.55. The van der Waals surface area contributed by atoms with E-state index in [2.05, 4.69) is 6.58 Å². The van der Waals surface area contributed by atoms with Gasteiger partial charge in [-0.15, -0.1) is 0 Å². The quantitative estimate of drug-likeness (QED) is 0.345. The van der Waals surface area contributed by atoms with Crippen LogP contribution in [0, 0.1) is 11.8 Å². The molecule has 2 nitrogen and oxygen atoms in total. The lowest BCUT2D eigenvalue weighted by Gasteiger charge is -2.33. The summed E-state index contributed by atoms with van der Waals surface area (Å²) in [5, 5.41) is 0.973. The lowest BCUT2D eigenvalue weighted by molar-refractivity contribution is -0.145. The first-order chi connectivity index (χ1) is 11.5. The van der Waals surface area contributed by atoms with Crippen molar-refractivity contribution in [3.05, 3.63) is 12.2 Å². The second-order valence-electron chi connectivity index (χ2n) is 7.84. The minimum Gasteiger partial charge on any atom is -0.459 e. The minimum atomic E-state index is -0.238. The van der Waals surface area contributed by atoms with Gasteiger partial charge < -0.3 is 4.74 Å². The first-order valence-corrected chi connectivity index (χ1v) is 10.7. The number of ether oxygens (including phenoxy) is 1. The van der Waals surface area contributed by atoms with Crippen LogP contribution in [-0.2, 0) is 9.53 Å². The van der Waals surface area contributed by atoms with Crippen LogP contribution >= 0.6 is 25.3 Å². The molecule has 0 aliphatic heterocycles. The largest absolute Gasteiger partial charge is 0.459 e. The maximum Gasteiger partial charge on any atom is 0.333 e. The second-order valence-corrected chi connectivity index (χ2v) is 9.17. The third-order valence-electron chi connectivity index (χ3n) is 5.79. The van der Waals surface area contributed by atoms with Gasteiger partial charge in [-0.1, -0.05) is 32.3 Å². The number of rotatable bonds is 7. The Kier molecular flexibility index (Phi) is 8.56. The van der Waals surface area contributed by atoms with E-state index >= 15 is 0 Å². The zero-order chi connectivity index (χ0) is 17.5. The SMILES string of the molecule is C=C(C)C(=O)OC(CCC1CCCCC1S)CC1CCCCC1S. The Labute approximate surface area is 159 Å². The molecule has 5 unspecified atom stereocenters. The van der Waals surface area contributed by atoms with Gasteiger partial charge in [0, 0.05) is 16.1 Å². The van der Waals surface area contributed by atoms with Gasteiger partial charge in [-0.25, -0.2) is 4.79 Å². The van der Waals surface area contributed by atoms with Gasteiger partial charge >= 0.3 is 5.97 Å². The minimum absolute atomic E-state index is 0.00871. The summed E-state index contributed by atoms with van der Waals surface area (Å²) in [7, 11) is 0. The van der Waals surface area contributed by atoms with Crippen molar-refractivity contribution in [3.8, 4) is 0 Å². The standard InChI is InChI=1S/C20H34O2S2/c1-14(2)20(21)22-17(13-16-8-4-6-10-19(16)24)12-11-15-7-3-5-9-18(15)23/h15-19,23-24H,1,3-13H2,2H3. The molecule has 0 aromatic rings. The van der Waals surface area contributed by atoms with E-state index in [0.29, 0.717) is 27.9 Å². The van der Waals surface area contributed by atoms with Crippen LogP contribution < -0.4 is 0 Å². The van der Waals surface area contributed by atoms with Gasteiger partial charge in [-0.05, 0) is 63.7 Å². The van der Waals surface area contributed by atoms with Crippen LogP contribution in [0.2, 0.25) is 0 Å². The topological polar surface area (TPSA) is 26.3 Å². The van der Waals surface area contributed by atoms with Crippen molar-refractivity contribution in [2.45, 2.75) is 94.2 Å². The molecule has 0 spiro atoms. The molecule has 24 heavy (non-hydrogen) atoms. The molecular weight excluding hydrogens is 336 g/mol. The van der Waals surface area contributed by atoms with E-state index in [4.69, 9.17) is 30.0 Å². The summed E-state index contributed by atoms with van der Waals surface area (Å²) in [6.07, 6.45) is 13.1. The lowest BCUT2D eigenvalue weighted by atomic mass is 9.81. The number of carbonyl (C=O) groups is 1. The number of hydrogen-bond donors (Lipinski definition) is 2. The molecule has 2 aliphatic carbocycles. The van der Waals surface area contributed by atoms with Gasteiger partial charge in [0.2, 0.25) is 0 Å². The molecule has 2 rings (SSSR count). The highest BCUT2D eigenvalue weighted by Crippen LogP contribution is 2.35. The zero-order valence-electron chi connectivity index (χ0n) is 15.1. The predicted octanol–water partition coefficient (Wildman–Crippen LogP) is 5.62. The molecule has 5 atom stereocenters. The molecule has 138 valence electrons. The van der Waals surface area contributed by atoms with E-state index in [1.807, 2.05) is 0 Å². The number of carbonyl (C=O) groups excluding carboxylic acids is 1. The monoisotopic (exact) mass is 370 g/mol. The molecule has 0 saturated heterocycles. The molecule has 2 aliphatic rings. The molecule has 0 amide bonds. The third kappa shape index (κ3) is 6.33. The highest BCUT2D eigenvalue weighted by atomic mass is 32.1. The van der Waals surface area contributed by atoms with E-state index in [0.717, 1.165) is 19.3 Å². The first kappa shape index (κ1) is 20.2. The molecule has 0 radical (unpaired) electrons. The fraction of sp³-hybridized carbons (Fsp3) is 0.850. The Bertz CT molecular complexity index is 424. The van der Waals surface area contributed by atoms with Crippen molar-refractivity contribution in [3.63, 3.8) is 0 Å². The Hall–Kier alpha value is -0.0900. The van der Waals surface area contributed by atoms with Gasteiger partial charge in [-0.3, -0.25) is 0 Å². The molecule has 0 aromatic heterocycles. The van der Waals surface area contributed by atoms with Crippen molar-refractivity contribution in [2.24, 2.45) is 11.8 Å². The first-order valence-electron chi connectivity index (χ1n) is 9.70. The summed E-state index contributed by atoms with van der Waals surface area (Å²) < 4.78 is 5.79. The number of thiol groups is 2. The van der Waals surface area contributed by atoms with Crippen LogP contribution in [0.4, 0.5) is 0 Å². The van der Waals surface area contributed by atoms with Gasteiger partial charge in [0.15, 0.2) is 0 Å². The van der Waals surface area contributed by atoms with E-state index in [1.54, 1.807) is 6.92 Å². The Morgan fingerprint density at radius 2 is 1.58 bits per heavy atom. The van der Waals surface area contributed by atoms with Crippen molar-refractivity contribution in [1.82, 2.24) is 0 Å². The van der Waals surface area contributed by atoms with Crippen molar-refractivity contribution < 1.29 is 9.53 Å². The van der Waals surface area contributed by atoms with E-state index in [-0.39, 0.29) is 12.1 Å². The molecule has 0 bridgehead atoms. The summed E-state index contributed by atoms with van der Waals surface area (Å²) in [5.41, 5.74) is 0.496. The molecule has 4 heteroatoms. The molecular formula is C20H34O2S2. The highest BCUT2D eigenvalue weighted by molar-refractivity contribution is 7.81. The maximum atomic E-state index is 12.0. The molecule has 2 fully saturated rings. The van der Waals surface area contributed by atoms with Gasteiger partial charge in [0.25, 0.3) is 0 Å². The summed E-state index contributed by atoms with van der Waals surface area (Å²) in [6.45, 7) is 5.46. The van der Waals surface area contributed by atoms with E-state index < -0.39 is 0 Å². The predicted molar refractivity (Wildman–Crippen MR) is 108 cm³/mol. The Morgan fingerprint density at radius 1 is 1.04 bits per heavy atom. The zero-order valence-corrected chi connectivity index (χ0v) is 16.9. The Balaban J connectivity index is 1.91. The Morgan fingerprint density at radius 3 is 2.12 bits per heavy atom. The fourth-order valence-electron chi connectivity index (χ4n) is 4.20. The molecule has 2 saturated carbocycles. The lowest BCUT2D eigenvalue weighted by Crippen LogP contribution is -2.29. The summed E-state index contributed by atoms with van der Waals surface area (Å²) in [5.74, 6) is 1.01. The van der Waals surface area contributed by atoms with E-state index in [9.17, 15) is 4.79 Å². The maximum absolute atomic E-state index is 12.0.